The van der Waals surface area contributed by atoms with Crippen molar-refractivity contribution in [2.45, 2.75) is 55.3 Å². The van der Waals surface area contributed by atoms with Crippen molar-refractivity contribution in [2.24, 2.45) is 0 Å². The van der Waals surface area contributed by atoms with Gasteiger partial charge in [0.15, 0.2) is 6.17 Å². The number of halogens is 2. The lowest BCUT2D eigenvalue weighted by atomic mass is 9.88. The highest BCUT2D eigenvalue weighted by atomic mass is 19.2. The normalized spacial score (nSPS) is 34.6. The molecule has 1 saturated heterocycles. The number of nitrogens with one attached hydrogen (secondary N) is 1. The molecule has 0 aromatic rings. The molecular formula is C14H19F2NO8. The Morgan fingerprint density at radius 3 is 2.48 bits per heavy atom. The zero-order valence-electron chi connectivity index (χ0n) is 12.9. The molecule has 0 aromatic heterocycles. The summed E-state index contributed by atoms with van der Waals surface area (Å²) in [4.78, 5) is 22.7. The number of carboxylic acid groups (broad SMARTS) is 1. The molecule has 1 fully saturated rings. The van der Waals surface area contributed by atoms with Crippen LogP contribution in [-0.2, 0) is 14.3 Å². The highest BCUT2D eigenvalue weighted by Gasteiger charge is 2.62. The van der Waals surface area contributed by atoms with Gasteiger partial charge in [-0.1, -0.05) is 0 Å². The van der Waals surface area contributed by atoms with Gasteiger partial charge in [-0.2, -0.15) is 4.39 Å². The van der Waals surface area contributed by atoms with Crippen molar-refractivity contribution >= 4 is 11.9 Å². The predicted octanol–water partition coefficient (Wildman–Crippen LogP) is -2.55. The molecule has 25 heavy (non-hydrogen) atoms. The van der Waals surface area contributed by atoms with E-state index in [1.165, 1.54) is 0 Å². The largest absolute Gasteiger partial charge is 0.477 e. The summed E-state index contributed by atoms with van der Waals surface area (Å²) in [6.07, 6.45) is -6.94. The highest BCUT2D eigenvalue weighted by Crippen LogP contribution is 2.35. The van der Waals surface area contributed by atoms with Crippen LogP contribution in [0.3, 0.4) is 0 Å². The molecule has 7 atom stereocenters. The molecule has 0 bridgehead atoms. The highest BCUT2D eigenvalue weighted by molar-refractivity contribution is 5.78. The van der Waals surface area contributed by atoms with E-state index >= 15 is 0 Å². The molecule has 1 aliphatic rings. The summed E-state index contributed by atoms with van der Waals surface area (Å²) in [6.45, 7) is -1.03. The standard InChI is InChI=1S/C14H19F2NO8/c1-2-3-4-7(20)17-8-10(22)12(15)14(16,13(23)24)25-11(8)9(21)6(19)5-18/h1,6,8-12,18-19,21-22H,3-5H2,(H,17,20)(H,23,24)/t6-,8-,9-,10?,11?,12+,14-/m1/s1. The minimum absolute atomic E-state index is 0.0107. The van der Waals surface area contributed by atoms with Gasteiger partial charge in [-0.05, 0) is 0 Å². The van der Waals surface area contributed by atoms with Crippen molar-refractivity contribution < 1.29 is 48.6 Å². The quantitative estimate of drug-likeness (QED) is 0.269. The van der Waals surface area contributed by atoms with Gasteiger partial charge < -0.3 is 35.6 Å². The Bertz CT molecular complexity index is 541. The van der Waals surface area contributed by atoms with Crippen molar-refractivity contribution in [2.75, 3.05) is 6.61 Å². The van der Waals surface area contributed by atoms with E-state index in [0.29, 0.717) is 0 Å². The number of carboxylic acids is 1. The van der Waals surface area contributed by atoms with Crippen LogP contribution in [0.1, 0.15) is 12.8 Å². The molecule has 2 unspecified atom stereocenters. The minimum atomic E-state index is -4.03. The molecule has 0 aliphatic carbocycles. The molecule has 11 heteroatoms. The molecule has 6 N–H and O–H groups in total. The summed E-state index contributed by atoms with van der Waals surface area (Å²) >= 11 is 0. The van der Waals surface area contributed by atoms with Gasteiger partial charge >= 0.3 is 11.8 Å². The SMILES string of the molecule is C#CCCC(=O)N[C@H]1C([C@H](O)[C@H](O)CO)O[C@@](F)(C(=O)O)[C@@H](F)C1O. The Morgan fingerprint density at radius 1 is 1.40 bits per heavy atom. The second-order valence-electron chi connectivity index (χ2n) is 5.46. The molecular weight excluding hydrogens is 348 g/mol. The lowest BCUT2D eigenvalue weighted by Gasteiger charge is -2.45. The maximum Gasteiger partial charge on any atom is 0.372 e. The van der Waals surface area contributed by atoms with Gasteiger partial charge in [-0.15, -0.1) is 12.3 Å². The lowest BCUT2D eigenvalue weighted by molar-refractivity contribution is -0.293. The van der Waals surface area contributed by atoms with Gasteiger partial charge in [0.2, 0.25) is 5.91 Å². The number of carbonyl (C=O) groups excluding carboxylic acids is 1. The molecule has 1 aliphatic heterocycles. The Morgan fingerprint density at radius 2 is 2.00 bits per heavy atom. The zero-order chi connectivity index (χ0) is 19.4. The van der Waals surface area contributed by atoms with Gasteiger partial charge in [0.25, 0.3) is 0 Å². The average molecular weight is 367 g/mol. The zero-order valence-corrected chi connectivity index (χ0v) is 12.9. The molecule has 1 heterocycles. The summed E-state index contributed by atoms with van der Waals surface area (Å²) < 4.78 is 32.8. The van der Waals surface area contributed by atoms with Gasteiger partial charge in [-0.25, -0.2) is 9.18 Å². The third-order valence-electron chi connectivity index (χ3n) is 3.72. The molecule has 1 rings (SSSR count). The number of aliphatic hydroxyl groups is 4. The Labute approximate surface area is 141 Å². The summed E-state index contributed by atoms with van der Waals surface area (Å²) in [6, 6.07) is -1.81. The van der Waals surface area contributed by atoms with Crippen LogP contribution in [-0.4, -0.2) is 86.5 Å². The Kier molecular flexibility index (Phi) is 7.21. The monoisotopic (exact) mass is 367 g/mol. The molecule has 1 amide bonds. The first-order chi connectivity index (χ1) is 11.6. The fourth-order valence-corrected chi connectivity index (χ4v) is 2.32. The number of aliphatic hydroxyl groups excluding tert-OH is 4. The average Bonchev–Trinajstić information content (AvgIpc) is 2.58. The molecule has 0 radical (unpaired) electrons. The Balaban J connectivity index is 3.14. The van der Waals surface area contributed by atoms with E-state index < -0.39 is 61.0 Å². The predicted molar refractivity (Wildman–Crippen MR) is 76.3 cm³/mol. The third kappa shape index (κ3) is 4.42. The number of amides is 1. The van der Waals surface area contributed by atoms with Crippen LogP contribution >= 0.6 is 0 Å². The molecule has 9 nitrogen and oxygen atoms in total. The van der Waals surface area contributed by atoms with E-state index in [1.54, 1.807) is 0 Å². The van der Waals surface area contributed by atoms with E-state index in [9.17, 15) is 33.7 Å². The number of carbonyl (C=O) groups is 2. The number of terminal acetylenes is 1. The van der Waals surface area contributed by atoms with Crippen molar-refractivity contribution in [1.82, 2.24) is 5.32 Å². The third-order valence-corrected chi connectivity index (χ3v) is 3.72. The number of hydrogen-bond donors (Lipinski definition) is 6. The summed E-state index contributed by atoms with van der Waals surface area (Å²) in [7, 11) is 0. The van der Waals surface area contributed by atoms with E-state index in [2.05, 4.69) is 16.0 Å². The summed E-state index contributed by atoms with van der Waals surface area (Å²) in [5.41, 5.74) is 0. The van der Waals surface area contributed by atoms with E-state index in [-0.39, 0.29) is 12.8 Å². The number of rotatable bonds is 7. The van der Waals surface area contributed by atoms with Crippen molar-refractivity contribution in [3.05, 3.63) is 0 Å². The van der Waals surface area contributed by atoms with Crippen LogP contribution < -0.4 is 5.32 Å². The van der Waals surface area contributed by atoms with E-state index in [1.807, 2.05) is 0 Å². The minimum Gasteiger partial charge on any atom is -0.477 e. The number of ether oxygens (including phenoxy) is 1. The fraction of sp³-hybridized carbons (Fsp3) is 0.714. The topological polar surface area (TPSA) is 157 Å². The van der Waals surface area contributed by atoms with E-state index in [4.69, 9.17) is 16.6 Å². The van der Waals surface area contributed by atoms with Crippen LogP contribution in [0.25, 0.3) is 0 Å². The van der Waals surface area contributed by atoms with E-state index in [0.717, 1.165) is 0 Å². The maximum atomic E-state index is 14.3. The number of alkyl halides is 2. The van der Waals surface area contributed by atoms with Crippen LogP contribution in [0.15, 0.2) is 0 Å². The molecule has 0 aromatic carbocycles. The number of hydrogen-bond acceptors (Lipinski definition) is 7. The van der Waals surface area contributed by atoms with Gasteiger partial charge in [0.1, 0.15) is 24.4 Å². The first-order valence-electron chi connectivity index (χ1n) is 7.22. The smallest absolute Gasteiger partial charge is 0.372 e. The number of aliphatic carboxylic acids is 1. The first kappa shape index (κ1) is 21.2. The molecule has 0 saturated carbocycles. The van der Waals surface area contributed by atoms with Crippen LogP contribution in [0, 0.1) is 12.3 Å². The van der Waals surface area contributed by atoms with Crippen molar-refractivity contribution in [3.63, 3.8) is 0 Å². The van der Waals surface area contributed by atoms with Gasteiger partial charge in [0.05, 0.1) is 12.6 Å². The van der Waals surface area contributed by atoms with Crippen molar-refractivity contribution in [3.8, 4) is 12.3 Å². The maximum absolute atomic E-state index is 14.3. The fourth-order valence-electron chi connectivity index (χ4n) is 2.32. The van der Waals surface area contributed by atoms with Crippen LogP contribution in [0.2, 0.25) is 0 Å². The second-order valence-corrected chi connectivity index (χ2v) is 5.46. The summed E-state index contributed by atoms with van der Waals surface area (Å²) in [5, 5.41) is 49.0. The second kappa shape index (κ2) is 8.50. The molecule has 142 valence electrons. The van der Waals surface area contributed by atoms with Crippen LogP contribution in [0.5, 0.6) is 0 Å². The van der Waals surface area contributed by atoms with Gasteiger partial charge in [-0.3, -0.25) is 4.79 Å². The first-order valence-corrected chi connectivity index (χ1v) is 7.22. The molecule has 0 spiro atoms. The lowest BCUT2D eigenvalue weighted by Crippen LogP contribution is -2.71. The van der Waals surface area contributed by atoms with Crippen LogP contribution in [0.4, 0.5) is 8.78 Å². The summed E-state index contributed by atoms with van der Waals surface area (Å²) in [5.74, 6) is -5.09. The van der Waals surface area contributed by atoms with Crippen molar-refractivity contribution in [1.29, 1.82) is 0 Å². The van der Waals surface area contributed by atoms with Gasteiger partial charge in [0, 0.05) is 12.8 Å². The Hall–Kier alpha value is -1.84.